The van der Waals surface area contributed by atoms with E-state index in [1.165, 1.54) is 0 Å². The van der Waals surface area contributed by atoms with Crippen LogP contribution < -0.4 is 0 Å². The normalized spacial score (nSPS) is 46.2. The summed E-state index contributed by atoms with van der Waals surface area (Å²) < 4.78 is 0. The molecule has 6 N–H and O–H groups in total. The Morgan fingerprint density at radius 3 is 2.28 bits per heavy atom. The molecule has 0 aromatic rings. The molecule has 11 atom stereocenters. The SMILES string of the molecule is CC[C@H](C[C@H](O)[C@](C)(O)[C@H]1CC[C@@]2(O)C3=CC(=O)[C@@H]4C[C@@H](O)[C@@H](O)C[C@]4(C)[C@H]3CC[C@]12C)C(C)(C)O. The molecule has 0 amide bonds. The van der Waals surface area contributed by atoms with E-state index in [0.29, 0.717) is 44.1 Å². The van der Waals surface area contributed by atoms with Crippen molar-refractivity contribution in [1.82, 2.24) is 0 Å². The predicted molar refractivity (Wildman–Crippen MR) is 136 cm³/mol. The Balaban J connectivity index is 1.66. The zero-order valence-corrected chi connectivity index (χ0v) is 22.9. The molecule has 4 aliphatic carbocycles. The van der Waals surface area contributed by atoms with Gasteiger partial charge in [0.15, 0.2) is 5.78 Å². The van der Waals surface area contributed by atoms with Gasteiger partial charge in [-0.1, -0.05) is 27.2 Å². The zero-order chi connectivity index (χ0) is 27.1. The topological polar surface area (TPSA) is 138 Å². The number of rotatable bonds is 6. The van der Waals surface area contributed by atoms with Crippen LogP contribution in [0.15, 0.2) is 11.6 Å². The first-order chi connectivity index (χ1) is 16.4. The maximum absolute atomic E-state index is 13.3. The third-order valence-corrected chi connectivity index (χ3v) is 11.5. The first-order valence-electron chi connectivity index (χ1n) is 13.9. The van der Waals surface area contributed by atoms with Crippen LogP contribution in [-0.4, -0.2) is 71.5 Å². The van der Waals surface area contributed by atoms with E-state index >= 15 is 0 Å². The number of aliphatic hydroxyl groups is 6. The first-order valence-corrected chi connectivity index (χ1v) is 13.9. The summed E-state index contributed by atoms with van der Waals surface area (Å²) in [6, 6.07) is 0. The van der Waals surface area contributed by atoms with Crippen molar-refractivity contribution in [1.29, 1.82) is 0 Å². The number of hydrogen-bond acceptors (Lipinski definition) is 7. The smallest absolute Gasteiger partial charge is 0.159 e. The molecule has 0 unspecified atom stereocenters. The van der Waals surface area contributed by atoms with E-state index in [2.05, 4.69) is 0 Å². The van der Waals surface area contributed by atoms with E-state index < -0.39 is 51.9 Å². The molecule has 0 aromatic carbocycles. The highest BCUT2D eigenvalue weighted by atomic mass is 16.3. The minimum absolute atomic E-state index is 0.0892. The van der Waals surface area contributed by atoms with Gasteiger partial charge in [0.05, 0.1) is 35.1 Å². The lowest BCUT2D eigenvalue weighted by molar-refractivity contribution is -0.179. The lowest BCUT2D eigenvalue weighted by Crippen LogP contribution is -2.63. The molecule has 3 fully saturated rings. The summed E-state index contributed by atoms with van der Waals surface area (Å²) in [6.07, 6.45) is 2.42. The Labute approximate surface area is 215 Å². The molecule has 0 aromatic heterocycles. The Hall–Kier alpha value is -0.830. The highest BCUT2D eigenvalue weighted by Gasteiger charge is 2.69. The highest BCUT2D eigenvalue weighted by molar-refractivity contribution is 5.95. The molecule has 36 heavy (non-hydrogen) atoms. The average Bonchev–Trinajstić information content (AvgIpc) is 3.05. The van der Waals surface area contributed by atoms with Gasteiger partial charge in [-0.05, 0) is 101 Å². The van der Waals surface area contributed by atoms with Gasteiger partial charge in [0.2, 0.25) is 0 Å². The molecule has 3 saturated carbocycles. The number of carbonyl (C=O) groups excluding carboxylic acids is 1. The van der Waals surface area contributed by atoms with Crippen LogP contribution in [0, 0.1) is 34.5 Å². The van der Waals surface area contributed by atoms with E-state index in [1.807, 2.05) is 20.8 Å². The van der Waals surface area contributed by atoms with Crippen LogP contribution in [0.4, 0.5) is 0 Å². The number of fused-ring (bicyclic) bond motifs is 5. The van der Waals surface area contributed by atoms with E-state index in [-0.39, 0.29) is 36.4 Å². The second-order valence-corrected chi connectivity index (χ2v) is 13.8. The van der Waals surface area contributed by atoms with E-state index in [0.717, 1.165) is 0 Å². The number of aliphatic hydroxyl groups excluding tert-OH is 3. The van der Waals surface area contributed by atoms with Crippen LogP contribution in [0.1, 0.15) is 92.9 Å². The molecule has 0 spiro atoms. The molecular formula is C29H48O7. The van der Waals surface area contributed by atoms with Crippen molar-refractivity contribution in [2.24, 2.45) is 34.5 Å². The third kappa shape index (κ3) is 3.95. The lowest BCUT2D eigenvalue weighted by atomic mass is 9.45. The molecule has 4 rings (SSSR count). The maximum atomic E-state index is 13.3. The first kappa shape index (κ1) is 28.2. The Kier molecular flexibility index (Phi) is 6.93. The fourth-order valence-electron chi connectivity index (χ4n) is 9.00. The largest absolute Gasteiger partial charge is 0.390 e. The lowest BCUT2D eigenvalue weighted by Gasteiger charge is -2.60. The van der Waals surface area contributed by atoms with Crippen molar-refractivity contribution in [3.05, 3.63) is 11.6 Å². The Bertz CT molecular complexity index is 906. The average molecular weight is 509 g/mol. The zero-order valence-electron chi connectivity index (χ0n) is 22.9. The van der Waals surface area contributed by atoms with Gasteiger partial charge < -0.3 is 30.6 Å². The molecule has 0 aliphatic heterocycles. The van der Waals surface area contributed by atoms with Crippen molar-refractivity contribution in [3.63, 3.8) is 0 Å². The summed E-state index contributed by atoms with van der Waals surface area (Å²) in [5.41, 5.74) is -4.34. The van der Waals surface area contributed by atoms with Crippen LogP contribution in [0.25, 0.3) is 0 Å². The van der Waals surface area contributed by atoms with Gasteiger partial charge in [0, 0.05) is 11.3 Å². The Morgan fingerprint density at radius 1 is 1.06 bits per heavy atom. The van der Waals surface area contributed by atoms with Crippen LogP contribution in [0.3, 0.4) is 0 Å². The quantitative estimate of drug-likeness (QED) is 0.324. The van der Waals surface area contributed by atoms with Crippen molar-refractivity contribution in [2.45, 2.75) is 128 Å². The fraction of sp³-hybridized carbons (Fsp3) is 0.897. The van der Waals surface area contributed by atoms with Gasteiger partial charge in [-0.3, -0.25) is 4.79 Å². The van der Waals surface area contributed by atoms with Crippen molar-refractivity contribution < 1.29 is 35.4 Å². The van der Waals surface area contributed by atoms with Gasteiger partial charge in [0.1, 0.15) is 0 Å². The summed E-state index contributed by atoms with van der Waals surface area (Å²) in [5, 5.41) is 66.6. The number of allylic oxidation sites excluding steroid dienone is 1. The van der Waals surface area contributed by atoms with Gasteiger partial charge >= 0.3 is 0 Å². The molecule has 4 aliphatic rings. The molecular weight excluding hydrogens is 460 g/mol. The summed E-state index contributed by atoms with van der Waals surface area (Å²) in [6.45, 7) is 11.1. The number of carbonyl (C=O) groups is 1. The highest BCUT2D eigenvalue weighted by Crippen LogP contribution is 2.68. The second-order valence-electron chi connectivity index (χ2n) is 13.8. The fourth-order valence-corrected chi connectivity index (χ4v) is 9.00. The molecule has 0 radical (unpaired) electrons. The standard InChI is InChI=1S/C29H48O7/c1-7-16(25(2,3)34)12-24(33)28(6,35)23-9-11-29(36)18-13-20(30)19-14-21(31)22(32)15-26(19,4)17(18)8-10-27(23,29)5/h13,16-17,19,21-24,31-36H,7-12,14-15H2,1-6H3/t16-,17+,19+,21-,22+,23+,24+,26-,27-,28-,29-/m1/s1. The van der Waals surface area contributed by atoms with E-state index in [9.17, 15) is 35.4 Å². The van der Waals surface area contributed by atoms with E-state index in [1.54, 1.807) is 26.8 Å². The van der Waals surface area contributed by atoms with Crippen molar-refractivity contribution in [2.75, 3.05) is 0 Å². The van der Waals surface area contributed by atoms with E-state index in [4.69, 9.17) is 0 Å². The van der Waals surface area contributed by atoms with Gasteiger partial charge in [-0.2, -0.15) is 0 Å². The Morgan fingerprint density at radius 2 is 1.69 bits per heavy atom. The van der Waals surface area contributed by atoms with Gasteiger partial charge in [0.25, 0.3) is 0 Å². The predicted octanol–water partition coefficient (Wildman–Crippen LogP) is 2.49. The summed E-state index contributed by atoms with van der Waals surface area (Å²) in [7, 11) is 0. The summed E-state index contributed by atoms with van der Waals surface area (Å²) in [4.78, 5) is 13.3. The minimum atomic E-state index is -1.48. The molecule has 7 nitrogen and oxygen atoms in total. The van der Waals surface area contributed by atoms with Crippen molar-refractivity contribution in [3.8, 4) is 0 Å². The minimum Gasteiger partial charge on any atom is -0.390 e. The van der Waals surface area contributed by atoms with Crippen LogP contribution >= 0.6 is 0 Å². The monoisotopic (exact) mass is 508 g/mol. The maximum Gasteiger partial charge on any atom is 0.159 e. The molecule has 206 valence electrons. The van der Waals surface area contributed by atoms with Gasteiger partial charge in [-0.15, -0.1) is 0 Å². The van der Waals surface area contributed by atoms with Gasteiger partial charge in [-0.25, -0.2) is 0 Å². The van der Waals surface area contributed by atoms with Crippen LogP contribution in [-0.2, 0) is 4.79 Å². The number of ketones is 1. The summed E-state index contributed by atoms with van der Waals surface area (Å²) in [5.74, 6) is -1.16. The molecule has 0 bridgehead atoms. The third-order valence-electron chi connectivity index (χ3n) is 11.5. The second kappa shape index (κ2) is 8.85. The van der Waals surface area contributed by atoms with Crippen LogP contribution in [0.5, 0.6) is 0 Å². The molecule has 0 heterocycles. The number of hydrogen-bond donors (Lipinski definition) is 6. The van der Waals surface area contributed by atoms with Crippen LogP contribution in [0.2, 0.25) is 0 Å². The van der Waals surface area contributed by atoms with Crippen molar-refractivity contribution >= 4 is 5.78 Å². The summed E-state index contributed by atoms with van der Waals surface area (Å²) >= 11 is 0. The molecule has 7 heteroatoms. The molecule has 0 saturated heterocycles.